The molecule has 0 saturated carbocycles. The van der Waals surface area contributed by atoms with Crippen LogP contribution in [0, 0.1) is 11.8 Å². The summed E-state index contributed by atoms with van der Waals surface area (Å²) in [6.07, 6.45) is 13.7. The van der Waals surface area contributed by atoms with E-state index in [1.165, 1.54) is 87.7 Å². The molecule has 59 heavy (non-hydrogen) atoms. The first-order valence-electron chi connectivity index (χ1n) is 22.8. The van der Waals surface area contributed by atoms with Crippen LogP contribution in [0.5, 0.6) is 0 Å². The number of thiophene rings is 2. The Morgan fingerprint density at radius 1 is 0.712 bits per heavy atom. The van der Waals surface area contributed by atoms with Crippen LogP contribution in [0.4, 0.5) is 16.0 Å². The number of anilines is 3. The van der Waals surface area contributed by atoms with Crippen molar-refractivity contribution in [1.82, 2.24) is 19.8 Å². The van der Waals surface area contributed by atoms with Crippen LogP contribution in [0.2, 0.25) is 0 Å². The Kier molecular flexibility index (Phi) is 15.2. The maximum Gasteiger partial charge on any atom is 0.227 e. The van der Waals surface area contributed by atoms with Gasteiger partial charge in [0.1, 0.15) is 9.83 Å². The van der Waals surface area contributed by atoms with E-state index >= 15 is 0 Å². The van der Waals surface area contributed by atoms with Gasteiger partial charge in [-0.2, -0.15) is 0 Å². The second-order valence-electron chi connectivity index (χ2n) is 17.6. The highest BCUT2D eigenvalue weighted by Gasteiger charge is 2.29. The van der Waals surface area contributed by atoms with E-state index in [1.54, 1.807) is 11.3 Å². The van der Waals surface area contributed by atoms with Crippen LogP contribution >= 0.6 is 22.7 Å². The predicted molar refractivity (Wildman–Crippen MR) is 246 cm³/mol. The lowest BCUT2D eigenvalue weighted by molar-refractivity contribution is -0.117. The molecule has 1 amide bonds. The number of nitrogens with zero attached hydrogens (tertiary/aromatic N) is 7. The van der Waals surface area contributed by atoms with Crippen molar-refractivity contribution in [3.8, 4) is 11.1 Å². The summed E-state index contributed by atoms with van der Waals surface area (Å²) in [5, 5.41) is 3.50. The van der Waals surface area contributed by atoms with Gasteiger partial charge in [0.15, 0.2) is 0 Å². The number of likely N-dealkylation sites (tertiary alicyclic amines) is 2. The van der Waals surface area contributed by atoms with Gasteiger partial charge in [0.05, 0.1) is 18.2 Å². The Morgan fingerprint density at radius 2 is 1.32 bits per heavy atom. The Labute approximate surface area is 360 Å². The summed E-state index contributed by atoms with van der Waals surface area (Å²) < 4.78 is 12.0. The molecule has 3 aromatic heterocycles. The molecule has 5 saturated heterocycles. The lowest BCUT2D eigenvalue weighted by Crippen LogP contribution is -2.36. The molecule has 0 spiro atoms. The van der Waals surface area contributed by atoms with Gasteiger partial charge in [0.25, 0.3) is 0 Å². The van der Waals surface area contributed by atoms with Crippen LogP contribution in [-0.4, -0.2) is 124 Å². The molecule has 8 heterocycles. The summed E-state index contributed by atoms with van der Waals surface area (Å²) in [6, 6.07) is 14.9. The van der Waals surface area contributed by atoms with Crippen molar-refractivity contribution in [3.05, 3.63) is 53.5 Å². The lowest BCUT2D eigenvalue weighted by Gasteiger charge is -2.32. The molecule has 0 radical (unpaired) electrons. The average molecular weight is 842 g/mol. The molecule has 1 aromatic carbocycles. The van der Waals surface area contributed by atoms with Crippen molar-refractivity contribution in [1.29, 1.82) is 0 Å². The van der Waals surface area contributed by atoms with E-state index in [4.69, 9.17) is 19.4 Å². The molecule has 5 aliphatic heterocycles. The number of hydrogen-bond acceptors (Lipinski definition) is 11. The van der Waals surface area contributed by atoms with Gasteiger partial charge in [-0.3, -0.25) is 4.79 Å². The molecule has 9 rings (SSSR count). The van der Waals surface area contributed by atoms with Gasteiger partial charge in [0.2, 0.25) is 11.9 Å². The maximum absolute atomic E-state index is 12.6. The molecule has 0 aliphatic carbocycles. The first kappa shape index (κ1) is 42.6. The van der Waals surface area contributed by atoms with Gasteiger partial charge in [0, 0.05) is 87.5 Å². The molecule has 320 valence electrons. The number of piperidine rings is 2. The second kappa shape index (κ2) is 21.1. The zero-order chi connectivity index (χ0) is 40.4. The minimum atomic E-state index is 0.205. The van der Waals surface area contributed by atoms with Gasteiger partial charge >= 0.3 is 0 Å². The van der Waals surface area contributed by atoms with E-state index < -0.39 is 0 Å². The van der Waals surface area contributed by atoms with Crippen molar-refractivity contribution in [2.45, 2.75) is 84.0 Å². The van der Waals surface area contributed by atoms with Gasteiger partial charge in [-0.25, -0.2) is 9.97 Å². The largest absolute Gasteiger partial charge is 0.380 e. The fourth-order valence-corrected chi connectivity index (χ4v) is 11.6. The van der Waals surface area contributed by atoms with E-state index in [9.17, 15) is 4.79 Å². The Morgan fingerprint density at radius 3 is 1.88 bits per heavy atom. The van der Waals surface area contributed by atoms with E-state index in [0.29, 0.717) is 18.3 Å². The average Bonchev–Trinajstić information content (AvgIpc) is 4.13. The summed E-state index contributed by atoms with van der Waals surface area (Å²) >= 11 is 3.60. The fraction of sp³-hybridized carbons (Fsp3) is 0.638. The highest BCUT2D eigenvalue weighted by Crippen LogP contribution is 2.45. The summed E-state index contributed by atoms with van der Waals surface area (Å²) in [5.41, 5.74) is 2.20. The fourth-order valence-electron chi connectivity index (χ4n) is 9.30. The summed E-state index contributed by atoms with van der Waals surface area (Å²) in [5.74, 6) is 3.03. The van der Waals surface area contributed by atoms with Crippen LogP contribution in [0.15, 0.2) is 48.7 Å². The number of carbonyl (C=O) groups excluding carboxylic acids is 1. The molecule has 0 N–H and O–H groups in total. The third-order valence-corrected chi connectivity index (χ3v) is 15.6. The van der Waals surface area contributed by atoms with Crippen molar-refractivity contribution < 1.29 is 14.3 Å². The molecule has 0 bridgehead atoms. The summed E-state index contributed by atoms with van der Waals surface area (Å²) in [4.78, 5) is 36.8. The van der Waals surface area contributed by atoms with E-state index in [-0.39, 0.29) is 5.91 Å². The van der Waals surface area contributed by atoms with Gasteiger partial charge in [-0.15, -0.1) is 11.3 Å². The number of aromatic nitrogens is 2. The van der Waals surface area contributed by atoms with Gasteiger partial charge < -0.3 is 34.0 Å². The number of hydrogen-bond donors (Lipinski definition) is 0. The zero-order valence-electron chi connectivity index (χ0n) is 35.7. The third-order valence-electron chi connectivity index (χ3n) is 13.0. The molecule has 5 fully saturated rings. The quantitative estimate of drug-likeness (QED) is 0.109. The summed E-state index contributed by atoms with van der Waals surface area (Å²) in [7, 11) is 0. The first-order chi connectivity index (χ1) is 29.0. The third kappa shape index (κ3) is 11.2. The van der Waals surface area contributed by atoms with Crippen LogP contribution in [0.25, 0.3) is 21.3 Å². The van der Waals surface area contributed by atoms with Crippen LogP contribution in [0.1, 0.15) is 88.9 Å². The molecular formula is C47H67N7O3S2. The van der Waals surface area contributed by atoms with Gasteiger partial charge in [-0.1, -0.05) is 55.5 Å². The molecule has 0 atom stereocenters. The number of ether oxygens (including phenoxy) is 2. The molecule has 12 heteroatoms. The van der Waals surface area contributed by atoms with Crippen LogP contribution in [-0.2, 0) is 14.3 Å². The Bertz CT molecular complexity index is 1890. The predicted octanol–water partition coefficient (Wildman–Crippen LogP) is 9.01. The monoisotopic (exact) mass is 841 g/mol. The van der Waals surface area contributed by atoms with Crippen LogP contribution in [0.3, 0.4) is 0 Å². The molecule has 4 aromatic rings. The van der Waals surface area contributed by atoms with Crippen molar-refractivity contribution >= 4 is 54.7 Å². The smallest absolute Gasteiger partial charge is 0.227 e. The van der Waals surface area contributed by atoms with Crippen molar-refractivity contribution in [2.75, 3.05) is 113 Å². The summed E-state index contributed by atoms with van der Waals surface area (Å²) in [6.45, 7) is 20.5. The van der Waals surface area contributed by atoms with E-state index in [0.717, 1.165) is 117 Å². The number of fused-ring (bicyclic) bond motifs is 1. The van der Waals surface area contributed by atoms with Crippen molar-refractivity contribution in [2.24, 2.45) is 11.8 Å². The topological polar surface area (TPSA) is 77.5 Å². The highest BCUT2D eigenvalue weighted by atomic mass is 32.1. The zero-order valence-corrected chi connectivity index (χ0v) is 37.3. The first-order valence-corrected chi connectivity index (χ1v) is 24.5. The minimum absolute atomic E-state index is 0.205. The minimum Gasteiger partial charge on any atom is -0.380 e. The second-order valence-corrected chi connectivity index (χ2v) is 19.7. The van der Waals surface area contributed by atoms with Gasteiger partial charge in [-0.05, 0) is 119 Å². The lowest BCUT2D eigenvalue weighted by atomic mass is 9.98. The number of amides is 1. The molecular weight excluding hydrogens is 775 g/mol. The normalized spacial score (nSPS) is 20.1. The van der Waals surface area contributed by atoms with Crippen LogP contribution < -0.4 is 14.7 Å². The van der Waals surface area contributed by atoms with E-state index in [1.807, 2.05) is 40.6 Å². The Balaban J connectivity index is 0.000000182. The highest BCUT2D eigenvalue weighted by molar-refractivity contribution is 7.23. The van der Waals surface area contributed by atoms with Crippen molar-refractivity contribution in [3.63, 3.8) is 0 Å². The number of rotatable bonds is 15. The molecule has 0 unspecified atom stereocenters. The number of benzene rings is 1. The Hall–Kier alpha value is -3.13. The standard InChI is InChI=1S/C28H35N5O2S.C19H32N2OS/c34-24-9-6-14-33(24)27-25(22-7-2-1-3-8-22)23-19-29-28(30-26(23)36-27)32-15-10-21(11-16-32)20-35-18-17-31-12-4-5-13-31;1-16(2)18-5-6-19(23-18)21-11-7-17(8-12-21)15-22-14-13-20-9-3-4-10-20/h1-3,7-8,19,21H,4-6,9-18,20H2;5-6,16-17H,3-4,7-15H2,1-2H3. The molecule has 10 nitrogen and oxygen atoms in total. The maximum atomic E-state index is 12.6. The SMILES string of the molecule is CC(C)c1ccc(N2CCC(COCCN3CCCC3)CC2)s1.O=C1CCCN1c1sc2nc(N3CCC(COCCN4CCCC4)CC3)ncc2c1-c1ccccc1. The van der Waals surface area contributed by atoms with E-state index in [2.05, 4.69) is 57.7 Å². The number of carbonyl (C=O) groups is 1. The molecule has 5 aliphatic rings.